The summed E-state index contributed by atoms with van der Waals surface area (Å²) in [6, 6.07) is 13.4. The predicted octanol–water partition coefficient (Wildman–Crippen LogP) is 4.49. The van der Waals surface area contributed by atoms with Crippen LogP contribution in [0.15, 0.2) is 74.6 Å². The van der Waals surface area contributed by atoms with E-state index in [-0.39, 0.29) is 22.7 Å². The van der Waals surface area contributed by atoms with E-state index in [0.717, 1.165) is 10.0 Å². The number of rotatable bonds is 4. The first-order valence-corrected chi connectivity index (χ1v) is 10.5. The van der Waals surface area contributed by atoms with Crippen LogP contribution in [0.5, 0.6) is 5.75 Å². The maximum Gasteiger partial charge on any atom is 0.297 e. The van der Waals surface area contributed by atoms with E-state index in [4.69, 9.17) is 9.15 Å². The van der Waals surface area contributed by atoms with Gasteiger partial charge in [0.25, 0.3) is 5.91 Å². The van der Waals surface area contributed by atoms with Crippen molar-refractivity contribution in [1.29, 1.82) is 0 Å². The molecule has 1 amide bonds. The van der Waals surface area contributed by atoms with Gasteiger partial charge in [-0.25, -0.2) is 9.97 Å². The van der Waals surface area contributed by atoms with Crippen LogP contribution in [0.25, 0.3) is 11.0 Å². The summed E-state index contributed by atoms with van der Waals surface area (Å²) in [5, 5.41) is 0.396. The van der Waals surface area contributed by atoms with Crippen LogP contribution in [0.3, 0.4) is 0 Å². The zero-order chi connectivity index (χ0) is 21.5. The number of carbonyl (C=O) groups is 1. The normalized spacial score (nSPS) is 15.4. The molecule has 0 bridgehead atoms. The van der Waals surface area contributed by atoms with E-state index in [1.807, 2.05) is 31.2 Å². The van der Waals surface area contributed by atoms with Gasteiger partial charge < -0.3 is 9.15 Å². The van der Waals surface area contributed by atoms with Gasteiger partial charge in [0.05, 0.1) is 23.6 Å². The zero-order valence-electron chi connectivity index (χ0n) is 16.4. The van der Waals surface area contributed by atoms with Gasteiger partial charge in [0.2, 0.25) is 11.7 Å². The van der Waals surface area contributed by atoms with E-state index >= 15 is 0 Å². The summed E-state index contributed by atoms with van der Waals surface area (Å²) >= 11 is 3.40. The molecule has 1 aliphatic rings. The molecule has 0 aliphatic carbocycles. The minimum Gasteiger partial charge on any atom is -0.494 e. The molecule has 31 heavy (non-hydrogen) atoms. The highest BCUT2D eigenvalue weighted by atomic mass is 79.9. The quantitative estimate of drug-likeness (QED) is 0.430. The fourth-order valence-corrected chi connectivity index (χ4v) is 4.16. The Kier molecular flexibility index (Phi) is 4.78. The van der Waals surface area contributed by atoms with Gasteiger partial charge in [-0.3, -0.25) is 14.5 Å². The molecule has 0 N–H and O–H groups in total. The maximum absolute atomic E-state index is 13.5. The number of carbonyl (C=O) groups excluding carboxylic acids is 1. The number of amides is 1. The summed E-state index contributed by atoms with van der Waals surface area (Å²) < 4.78 is 12.2. The third-order valence-electron chi connectivity index (χ3n) is 5.11. The number of nitrogens with zero attached hydrogens (tertiary/aromatic N) is 3. The van der Waals surface area contributed by atoms with Crippen molar-refractivity contribution in [3.05, 3.63) is 92.5 Å². The fourth-order valence-electron chi connectivity index (χ4n) is 3.80. The molecule has 0 spiro atoms. The largest absolute Gasteiger partial charge is 0.494 e. The van der Waals surface area contributed by atoms with Crippen LogP contribution < -0.4 is 15.1 Å². The minimum absolute atomic E-state index is 0.00570. The number of anilines is 1. The number of benzene rings is 2. The lowest BCUT2D eigenvalue weighted by Gasteiger charge is -2.23. The number of hydrogen-bond acceptors (Lipinski definition) is 6. The Balaban J connectivity index is 1.76. The van der Waals surface area contributed by atoms with Crippen molar-refractivity contribution in [1.82, 2.24) is 9.97 Å². The lowest BCUT2D eigenvalue weighted by molar-refractivity contribution is 0.0969. The van der Waals surface area contributed by atoms with Crippen molar-refractivity contribution < 1.29 is 13.9 Å². The molecule has 0 fully saturated rings. The van der Waals surface area contributed by atoms with E-state index < -0.39 is 11.9 Å². The van der Waals surface area contributed by atoms with Crippen LogP contribution >= 0.6 is 15.9 Å². The Hall–Kier alpha value is -3.52. The first kappa shape index (κ1) is 19.4. The summed E-state index contributed by atoms with van der Waals surface area (Å²) in [4.78, 5) is 36.8. The lowest BCUT2D eigenvalue weighted by atomic mass is 9.98. The van der Waals surface area contributed by atoms with Gasteiger partial charge in [-0.2, -0.15) is 0 Å². The molecule has 0 saturated carbocycles. The summed E-state index contributed by atoms with van der Waals surface area (Å²) in [5.41, 5.74) is 1.08. The monoisotopic (exact) mass is 477 g/mol. The van der Waals surface area contributed by atoms with Gasteiger partial charge in [-0.15, -0.1) is 0 Å². The second-order valence-electron chi connectivity index (χ2n) is 6.94. The van der Waals surface area contributed by atoms with Crippen LogP contribution in [-0.2, 0) is 0 Å². The molecule has 5 rings (SSSR count). The molecule has 1 unspecified atom stereocenters. The third-order valence-corrected chi connectivity index (χ3v) is 5.60. The molecule has 1 aliphatic heterocycles. The van der Waals surface area contributed by atoms with E-state index in [1.165, 1.54) is 4.90 Å². The highest BCUT2D eigenvalue weighted by Gasteiger charge is 2.44. The molecule has 4 aromatic rings. The fraction of sp³-hybridized carbons (Fsp3) is 0.130. The molecule has 0 saturated heterocycles. The van der Waals surface area contributed by atoms with E-state index in [9.17, 15) is 9.59 Å². The average molecular weight is 478 g/mol. The second kappa shape index (κ2) is 7.63. The third kappa shape index (κ3) is 3.19. The first-order valence-electron chi connectivity index (χ1n) is 9.68. The highest BCUT2D eigenvalue weighted by molar-refractivity contribution is 9.10. The smallest absolute Gasteiger partial charge is 0.297 e. The number of fused-ring (bicyclic) bond motifs is 2. The van der Waals surface area contributed by atoms with Crippen molar-refractivity contribution >= 4 is 38.8 Å². The SMILES string of the molecule is CCOc1ccc(C2c3c(oc4ccc(Br)cc4c3=O)C(=O)N2c2ncccn2)cc1. The summed E-state index contributed by atoms with van der Waals surface area (Å²) in [5.74, 6) is 0.448. The van der Waals surface area contributed by atoms with Crippen molar-refractivity contribution in [2.24, 2.45) is 0 Å². The van der Waals surface area contributed by atoms with E-state index in [2.05, 4.69) is 25.9 Å². The lowest BCUT2D eigenvalue weighted by Crippen LogP contribution is -2.31. The predicted molar refractivity (Wildman–Crippen MR) is 118 cm³/mol. The molecule has 7 nitrogen and oxygen atoms in total. The Morgan fingerprint density at radius 3 is 2.55 bits per heavy atom. The standard InChI is InChI=1S/C23H16BrN3O4/c1-2-30-15-7-4-13(5-8-15)19-18-20(28)16-12-14(24)6-9-17(16)31-21(18)22(29)27(19)23-25-10-3-11-26-23/h3-12,19H,2H2,1H3. The Labute approximate surface area is 185 Å². The molecule has 0 radical (unpaired) electrons. The van der Waals surface area contributed by atoms with Crippen molar-refractivity contribution in [2.45, 2.75) is 13.0 Å². The van der Waals surface area contributed by atoms with Crippen LogP contribution in [0.4, 0.5) is 5.95 Å². The van der Waals surface area contributed by atoms with E-state index in [0.29, 0.717) is 23.3 Å². The maximum atomic E-state index is 13.5. The molecule has 154 valence electrons. The van der Waals surface area contributed by atoms with Gasteiger partial charge in [0, 0.05) is 16.9 Å². The van der Waals surface area contributed by atoms with Crippen LogP contribution in [0.1, 0.15) is 34.6 Å². The Morgan fingerprint density at radius 1 is 1.10 bits per heavy atom. The average Bonchev–Trinajstić information content (AvgIpc) is 3.08. The molecule has 3 heterocycles. The first-order chi connectivity index (χ1) is 15.1. The minimum atomic E-state index is -0.722. The van der Waals surface area contributed by atoms with Crippen LogP contribution in [0, 0.1) is 0 Å². The molecule has 1 atom stereocenters. The molecular formula is C23H16BrN3O4. The Morgan fingerprint density at radius 2 is 1.84 bits per heavy atom. The van der Waals surface area contributed by atoms with Gasteiger partial charge in [-0.05, 0) is 48.9 Å². The van der Waals surface area contributed by atoms with Crippen molar-refractivity contribution in [3.63, 3.8) is 0 Å². The highest BCUT2D eigenvalue weighted by Crippen LogP contribution is 2.40. The van der Waals surface area contributed by atoms with Gasteiger partial charge in [-0.1, -0.05) is 28.1 Å². The Bertz CT molecular complexity index is 1350. The number of halogens is 1. The zero-order valence-corrected chi connectivity index (χ0v) is 18.0. The topological polar surface area (TPSA) is 85.5 Å². The molecule has 2 aromatic heterocycles. The van der Waals surface area contributed by atoms with Gasteiger partial charge in [0.1, 0.15) is 11.3 Å². The molecular weight excluding hydrogens is 462 g/mol. The van der Waals surface area contributed by atoms with Gasteiger partial charge >= 0.3 is 0 Å². The number of hydrogen-bond donors (Lipinski definition) is 0. The summed E-state index contributed by atoms with van der Waals surface area (Å²) in [6.07, 6.45) is 3.10. The van der Waals surface area contributed by atoms with E-state index in [1.54, 1.807) is 36.7 Å². The van der Waals surface area contributed by atoms with Crippen LogP contribution in [-0.4, -0.2) is 22.5 Å². The van der Waals surface area contributed by atoms with Crippen molar-refractivity contribution in [2.75, 3.05) is 11.5 Å². The molecule has 2 aromatic carbocycles. The summed E-state index contributed by atoms with van der Waals surface area (Å²) in [7, 11) is 0. The van der Waals surface area contributed by atoms with Crippen molar-refractivity contribution in [3.8, 4) is 5.75 Å². The second-order valence-corrected chi connectivity index (χ2v) is 7.86. The van der Waals surface area contributed by atoms with Gasteiger partial charge in [0.15, 0.2) is 5.43 Å². The number of aromatic nitrogens is 2. The number of ether oxygens (including phenoxy) is 1. The molecule has 8 heteroatoms. The summed E-state index contributed by atoms with van der Waals surface area (Å²) in [6.45, 7) is 2.45. The van der Waals surface area contributed by atoms with Crippen LogP contribution in [0.2, 0.25) is 0 Å².